The third kappa shape index (κ3) is 9.79. The first-order valence-corrected chi connectivity index (χ1v) is 11.8. The predicted molar refractivity (Wildman–Crippen MR) is 107 cm³/mol. The molecule has 0 aromatic heterocycles. The van der Waals surface area contributed by atoms with Gasteiger partial charge in [0.1, 0.15) is 10.0 Å². The average molecular weight is 484 g/mol. The van der Waals surface area contributed by atoms with Crippen LogP contribution in [0.2, 0.25) is 0 Å². The standard InChI is InChI=1S/C10H14.C9H13N2O2S.ClH.Ru/c1-8(2)10-6-4-9(3)5-7-10;1-8-2-4-9(5-3-8)14(12,13)11-7-6-10;;/h4-8H,1-3H3;2-5H,6-7,10H2,1H3;1H;/q;-1;;+4/p-1. The van der Waals surface area contributed by atoms with Crippen LogP contribution in [0.1, 0.15) is 36.5 Å². The number of sulfonamides is 1. The van der Waals surface area contributed by atoms with E-state index in [9.17, 15) is 8.42 Å². The van der Waals surface area contributed by atoms with Crippen molar-refractivity contribution in [2.45, 2.75) is 38.5 Å². The molecule has 0 atom stereocenters. The van der Waals surface area contributed by atoms with E-state index in [4.69, 9.17) is 5.73 Å². The summed E-state index contributed by atoms with van der Waals surface area (Å²) in [5, 5.41) is 0. The van der Waals surface area contributed by atoms with E-state index in [2.05, 4.69) is 59.4 Å². The molecule has 0 aliphatic carbocycles. The number of nitrogens with zero attached hydrogens (tertiary/aromatic N) is 1. The van der Waals surface area contributed by atoms with E-state index in [-0.39, 0.29) is 18.0 Å². The van der Waals surface area contributed by atoms with E-state index in [0.29, 0.717) is 5.92 Å². The summed E-state index contributed by atoms with van der Waals surface area (Å²) in [5.41, 5.74) is 8.96. The SMILES string of the molecule is Cc1ccc(C(C)C)cc1.Cc1ccc(S(=O)(=O)[N-]CCN)cc1.[Cl][Ru+3]. The van der Waals surface area contributed by atoms with Crippen molar-refractivity contribution in [2.24, 2.45) is 5.73 Å². The van der Waals surface area contributed by atoms with Crippen molar-refractivity contribution >= 4 is 19.7 Å². The molecule has 0 heterocycles. The molecule has 2 aromatic rings. The van der Waals surface area contributed by atoms with Crippen LogP contribution in [-0.2, 0) is 27.3 Å². The van der Waals surface area contributed by atoms with Gasteiger partial charge in [-0.3, -0.25) is 0 Å². The minimum atomic E-state index is -3.49. The van der Waals surface area contributed by atoms with Crippen molar-refractivity contribution < 1.29 is 25.7 Å². The molecule has 0 unspecified atom stereocenters. The second-order valence-corrected chi connectivity index (χ2v) is 7.67. The summed E-state index contributed by atoms with van der Waals surface area (Å²) in [6.45, 7) is 8.81. The van der Waals surface area contributed by atoms with Gasteiger partial charge in [0.05, 0.1) is 0 Å². The fourth-order valence-corrected chi connectivity index (χ4v) is 2.88. The first-order chi connectivity index (χ1) is 12.3. The summed E-state index contributed by atoms with van der Waals surface area (Å²) in [6.07, 6.45) is 0. The van der Waals surface area contributed by atoms with Crippen LogP contribution in [0, 0.1) is 13.8 Å². The molecular weight excluding hydrogens is 457 g/mol. The predicted octanol–water partition coefficient (Wildman–Crippen LogP) is 4.82. The van der Waals surface area contributed by atoms with Gasteiger partial charge < -0.3 is 10.5 Å². The quantitative estimate of drug-likeness (QED) is 0.619. The number of benzene rings is 2. The number of nitrogens with two attached hydrogens (primary N) is 1. The molecule has 0 aliphatic heterocycles. The van der Waals surface area contributed by atoms with Gasteiger partial charge in [-0.25, -0.2) is 8.42 Å². The van der Waals surface area contributed by atoms with Crippen LogP contribution in [0.3, 0.4) is 0 Å². The topological polar surface area (TPSA) is 74.3 Å². The molecule has 0 radical (unpaired) electrons. The Morgan fingerprint density at radius 1 is 0.962 bits per heavy atom. The van der Waals surface area contributed by atoms with E-state index < -0.39 is 10.0 Å². The fourth-order valence-electron chi connectivity index (χ4n) is 1.91. The van der Waals surface area contributed by atoms with Crippen molar-refractivity contribution in [3.8, 4) is 0 Å². The van der Waals surface area contributed by atoms with Crippen LogP contribution in [0.4, 0.5) is 0 Å². The molecule has 0 aliphatic rings. The molecule has 26 heavy (non-hydrogen) atoms. The van der Waals surface area contributed by atoms with Gasteiger partial charge in [0.15, 0.2) is 0 Å². The summed E-state index contributed by atoms with van der Waals surface area (Å²) in [7, 11) is 1.07. The van der Waals surface area contributed by atoms with Crippen LogP contribution >= 0.6 is 9.69 Å². The van der Waals surface area contributed by atoms with Gasteiger partial charge in [-0.1, -0.05) is 61.4 Å². The van der Waals surface area contributed by atoms with Crippen molar-refractivity contribution in [3.63, 3.8) is 0 Å². The molecule has 0 amide bonds. The van der Waals surface area contributed by atoms with Crippen LogP contribution in [0.15, 0.2) is 53.4 Å². The van der Waals surface area contributed by atoms with Crippen molar-refractivity contribution in [2.75, 3.05) is 13.1 Å². The van der Waals surface area contributed by atoms with Gasteiger partial charge >= 0.3 is 27.0 Å². The molecule has 0 saturated heterocycles. The second-order valence-electron chi connectivity index (χ2n) is 5.99. The summed E-state index contributed by atoms with van der Waals surface area (Å²) in [6, 6.07) is 15.3. The molecular formula is C19H27ClN2O2RuS+2. The number of hydrogen-bond acceptors (Lipinski definition) is 3. The van der Waals surface area contributed by atoms with Gasteiger partial charge in [0.25, 0.3) is 0 Å². The van der Waals surface area contributed by atoms with Gasteiger partial charge in [-0.05, 0) is 44.0 Å². The Balaban J connectivity index is 0.000000458. The summed E-state index contributed by atoms with van der Waals surface area (Å²) >= 11 is 1.82. The summed E-state index contributed by atoms with van der Waals surface area (Å²) in [5.74, 6) is 0.653. The maximum absolute atomic E-state index is 11.5. The molecule has 2 aromatic carbocycles. The van der Waals surface area contributed by atoms with E-state index in [0.717, 1.165) is 5.56 Å². The second kappa shape index (κ2) is 13.4. The first-order valence-electron chi connectivity index (χ1n) is 8.16. The van der Waals surface area contributed by atoms with E-state index in [1.54, 1.807) is 24.3 Å². The Labute approximate surface area is 172 Å². The summed E-state index contributed by atoms with van der Waals surface area (Å²) in [4.78, 5) is 0.219. The number of hydrogen-bond donors (Lipinski definition) is 1. The molecule has 0 spiro atoms. The molecule has 2 rings (SSSR count). The van der Waals surface area contributed by atoms with Gasteiger partial charge in [-0.15, -0.1) is 6.54 Å². The Hall–Kier alpha value is -0.777. The van der Waals surface area contributed by atoms with Crippen molar-refractivity contribution in [1.82, 2.24) is 0 Å². The monoisotopic (exact) mass is 484 g/mol. The first kappa shape index (κ1) is 25.2. The zero-order valence-electron chi connectivity index (χ0n) is 15.6. The Bertz CT molecular complexity index is 718. The number of halogens is 1. The molecule has 7 heteroatoms. The van der Waals surface area contributed by atoms with Gasteiger partial charge in [0, 0.05) is 4.90 Å². The van der Waals surface area contributed by atoms with Crippen molar-refractivity contribution in [3.05, 3.63) is 69.9 Å². The third-order valence-corrected chi connectivity index (χ3v) is 4.84. The van der Waals surface area contributed by atoms with Crippen molar-refractivity contribution in [1.29, 1.82) is 0 Å². The average Bonchev–Trinajstić information content (AvgIpc) is 2.63. The zero-order valence-corrected chi connectivity index (χ0v) is 18.9. The van der Waals surface area contributed by atoms with E-state index in [1.165, 1.54) is 11.1 Å². The van der Waals surface area contributed by atoms with Crippen LogP contribution in [0.5, 0.6) is 0 Å². The minimum absolute atomic E-state index is 0.135. The number of aryl methyl sites for hydroxylation is 2. The summed E-state index contributed by atoms with van der Waals surface area (Å²) < 4.78 is 26.5. The molecule has 4 nitrogen and oxygen atoms in total. The van der Waals surface area contributed by atoms with Gasteiger partial charge in [-0.2, -0.15) is 0 Å². The Morgan fingerprint density at radius 3 is 1.77 bits per heavy atom. The fraction of sp³-hybridized carbons (Fsp3) is 0.368. The molecule has 0 fully saturated rings. The van der Waals surface area contributed by atoms with E-state index >= 15 is 0 Å². The third-order valence-electron chi connectivity index (χ3n) is 3.45. The van der Waals surface area contributed by atoms with Gasteiger partial charge in [0.2, 0.25) is 0 Å². The Morgan fingerprint density at radius 2 is 1.38 bits per heavy atom. The number of rotatable bonds is 5. The van der Waals surface area contributed by atoms with Crippen LogP contribution in [0.25, 0.3) is 4.72 Å². The molecule has 2 N–H and O–H groups in total. The maximum atomic E-state index is 11.5. The zero-order chi connectivity index (χ0) is 20.2. The molecule has 0 saturated carbocycles. The van der Waals surface area contributed by atoms with Crippen LogP contribution in [-0.4, -0.2) is 21.5 Å². The Kier molecular flexibility index (Phi) is 13.0. The molecule has 144 valence electrons. The van der Waals surface area contributed by atoms with E-state index in [1.807, 2.05) is 24.2 Å². The molecule has 0 bridgehead atoms. The normalized spacial score (nSPS) is 10.4. The van der Waals surface area contributed by atoms with Crippen LogP contribution < -0.4 is 5.73 Å².